The number of pyridine rings is 1. The fourth-order valence-electron chi connectivity index (χ4n) is 2.98. The second-order valence-corrected chi connectivity index (χ2v) is 6.61. The highest BCUT2D eigenvalue weighted by Crippen LogP contribution is 2.24. The summed E-state index contributed by atoms with van der Waals surface area (Å²) in [5.41, 5.74) is 5.99. The van der Waals surface area contributed by atoms with E-state index in [4.69, 9.17) is 4.52 Å². The van der Waals surface area contributed by atoms with E-state index in [1.165, 1.54) is 11.1 Å². The van der Waals surface area contributed by atoms with Crippen LogP contribution in [0.25, 0.3) is 0 Å². The van der Waals surface area contributed by atoms with Crippen LogP contribution in [-0.2, 0) is 11.2 Å². The summed E-state index contributed by atoms with van der Waals surface area (Å²) in [5.74, 6) is 0.605. The van der Waals surface area contributed by atoms with Crippen molar-refractivity contribution >= 4 is 5.91 Å². The number of nitrogens with zero attached hydrogens (tertiary/aromatic N) is 2. The van der Waals surface area contributed by atoms with Gasteiger partial charge in [0.25, 0.3) is 0 Å². The molecule has 0 aliphatic heterocycles. The summed E-state index contributed by atoms with van der Waals surface area (Å²) >= 11 is 0. The van der Waals surface area contributed by atoms with Gasteiger partial charge in [-0.1, -0.05) is 29.4 Å². The van der Waals surface area contributed by atoms with Crippen molar-refractivity contribution in [3.63, 3.8) is 0 Å². The van der Waals surface area contributed by atoms with Crippen LogP contribution in [0.3, 0.4) is 0 Å². The summed E-state index contributed by atoms with van der Waals surface area (Å²) in [4.78, 5) is 16.9. The Balaban J connectivity index is 1.89. The van der Waals surface area contributed by atoms with E-state index in [1.54, 1.807) is 12.4 Å². The largest absolute Gasteiger partial charge is 0.361 e. The van der Waals surface area contributed by atoms with Crippen molar-refractivity contribution in [3.8, 4) is 0 Å². The van der Waals surface area contributed by atoms with E-state index in [1.807, 2.05) is 26.0 Å². The minimum absolute atomic E-state index is 0.0773. The predicted molar refractivity (Wildman–Crippen MR) is 99.8 cm³/mol. The molecule has 0 spiro atoms. The second-order valence-electron chi connectivity index (χ2n) is 6.61. The van der Waals surface area contributed by atoms with Gasteiger partial charge in [0.2, 0.25) is 5.91 Å². The summed E-state index contributed by atoms with van der Waals surface area (Å²) in [6.45, 7) is 7.82. The lowest BCUT2D eigenvalue weighted by Gasteiger charge is -2.20. The highest BCUT2D eigenvalue weighted by molar-refractivity contribution is 5.80. The molecule has 0 saturated carbocycles. The van der Waals surface area contributed by atoms with E-state index in [0.29, 0.717) is 5.76 Å². The maximum atomic E-state index is 12.7. The Morgan fingerprint density at radius 2 is 1.92 bits per heavy atom. The number of hydrogen-bond donors (Lipinski definition) is 1. The summed E-state index contributed by atoms with van der Waals surface area (Å²) < 4.78 is 5.16. The fourth-order valence-corrected chi connectivity index (χ4v) is 2.98. The number of amides is 1. The molecule has 5 nitrogen and oxygen atoms in total. The number of nitrogens with one attached hydrogen (secondary N) is 1. The smallest absolute Gasteiger partial charge is 0.225 e. The van der Waals surface area contributed by atoms with Crippen LogP contribution in [0.4, 0.5) is 0 Å². The van der Waals surface area contributed by atoms with Crippen molar-refractivity contribution in [2.24, 2.45) is 0 Å². The van der Waals surface area contributed by atoms with Gasteiger partial charge in [-0.25, -0.2) is 0 Å². The normalized spacial score (nSPS) is 12.0. The number of aryl methyl sites for hydroxylation is 4. The van der Waals surface area contributed by atoms with Crippen molar-refractivity contribution in [1.82, 2.24) is 15.5 Å². The van der Waals surface area contributed by atoms with E-state index in [9.17, 15) is 4.79 Å². The maximum Gasteiger partial charge on any atom is 0.225 e. The molecule has 2 heterocycles. The average Bonchev–Trinajstić information content (AvgIpc) is 2.95. The first kappa shape index (κ1) is 17.9. The molecule has 0 bridgehead atoms. The lowest BCUT2D eigenvalue weighted by atomic mass is 9.96. The Hall–Kier alpha value is -2.95. The van der Waals surface area contributed by atoms with Gasteiger partial charge in [-0.3, -0.25) is 9.78 Å². The van der Waals surface area contributed by atoms with Crippen molar-refractivity contribution < 1.29 is 9.32 Å². The van der Waals surface area contributed by atoms with Gasteiger partial charge in [-0.2, -0.15) is 0 Å². The van der Waals surface area contributed by atoms with E-state index < -0.39 is 0 Å². The number of carbonyl (C=O) groups is 1. The molecule has 1 aromatic carbocycles. The van der Waals surface area contributed by atoms with Crippen molar-refractivity contribution in [2.75, 3.05) is 0 Å². The molecule has 5 heteroatoms. The van der Waals surface area contributed by atoms with E-state index in [2.05, 4.69) is 47.5 Å². The topological polar surface area (TPSA) is 68.0 Å². The molecule has 3 aromatic rings. The summed E-state index contributed by atoms with van der Waals surface area (Å²) in [6.07, 6.45) is 3.76. The van der Waals surface area contributed by atoms with Crippen LogP contribution < -0.4 is 5.32 Å². The molecule has 0 saturated heterocycles. The van der Waals surface area contributed by atoms with E-state index in [0.717, 1.165) is 22.4 Å². The fraction of sp³-hybridized carbons (Fsp3) is 0.286. The third-order valence-corrected chi connectivity index (χ3v) is 4.71. The Kier molecular flexibility index (Phi) is 5.16. The minimum Gasteiger partial charge on any atom is -0.361 e. The van der Waals surface area contributed by atoms with Gasteiger partial charge in [-0.15, -0.1) is 0 Å². The zero-order chi connectivity index (χ0) is 18.7. The van der Waals surface area contributed by atoms with Crippen molar-refractivity contribution in [3.05, 3.63) is 82.0 Å². The van der Waals surface area contributed by atoms with Crippen molar-refractivity contribution in [2.45, 2.75) is 40.2 Å². The molecule has 0 aliphatic rings. The van der Waals surface area contributed by atoms with Crippen LogP contribution in [-0.4, -0.2) is 16.0 Å². The molecule has 26 heavy (non-hydrogen) atoms. The van der Waals surface area contributed by atoms with Crippen LogP contribution >= 0.6 is 0 Å². The highest BCUT2D eigenvalue weighted by atomic mass is 16.5. The zero-order valence-electron chi connectivity index (χ0n) is 15.5. The lowest BCUT2D eigenvalue weighted by Crippen LogP contribution is -2.31. The third kappa shape index (κ3) is 3.82. The maximum absolute atomic E-state index is 12.7. The van der Waals surface area contributed by atoms with Crippen molar-refractivity contribution in [1.29, 1.82) is 0 Å². The first-order valence-electron chi connectivity index (χ1n) is 8.64. The Bertz CT molecular complexity index is 897. The Morgan fingerprint density at radius 1 is 1.12 bits per heavy atom. The summed E-state index contributed by atoms with van der Waals surface area (Å²) in [7, 11) is 0. The quantitative estimate of drug-likeness (QED) is 0.762. The molecule has 0 radical (unpaired) electrons. The van der Waals surface area contributed by atoms with Crippen LogP contribution in [0.2, 0.25) is 0 Å². The van der Waals surface area contributed by atoms with Crippen LogP contribution in [0.5, 0.6) is 0 Å². The number of carbonyl (C=O) groups excluding carboxylic acids is 1. The SMILES string of the molecule is Cc1ccc(C(NC(=O)Cc2c(C)noc2C)c2cccnc2)cc1C. The molecule has 1 atom stereocenters. The van der Waals surface area contributed by atoms with E-state index >= 15 is 0 Å². The number of aromatic nitrogens is 2. The molecule has 1 N–H and O–H groups in total. The highest BCUT2D eigenvalue weighted by Gasteiger charge is 2.20. The standard InChI is InChI=1S/C21H23N3O2/c1-13-7-8-17(10-14(13)2)21(18-6-5-9-22-12-18)23-20(25)11-19-15(3)24-26-16(19)4/h5-10,12,21H,11H2,1-4H3,(H,23,25). The molecule has 134 valence electrons. The number of rotatable bonds is 5. The monoisotopic (exact) mass is 349 g/mol. The van der Waals surface area contributed by atoms with Gasteiger partial charge < -0.3 is 9.84 Å². The number of hydrogen-bond acceptors (Lipinski definition) is 4. The zero-order valence-corrected chi connectivity index (χ0v) is 15.5. The van der Waals surface area contributed by atoms with E-state index in [-0.39, 0.29) is 18.4 Å². The van der Waals surface area contributed by atoms with Gasteiger partial charge >= 0.3 is 0 Å². The predicted octanol–water partition coefficient (Wildman–Crippen LogP) is 3.75. The van der Waals surface area contributed by atoms with Gasteiger partial charge in [0, 0.05) is 18.0 Å². The Labute approximate surface area is 153 Å². The van der Waals surface area contributed by atoms with Crippen LogP contribution in [0, 0.1) is 27.7 Å². The lowest BCUT2D eigenvalue weighted by molar-refractivity contribution is -0.121. The molecule has 2 aromatic heterocycles. The first-order chi connectivity index (χ1) is 12.5. The minimum atomic E-state index is -0.254. The third-order valence-electron chi connectivity index (χ3n) is 4.71. The molecule has 0 fully saturated rings. The average molecular weight is 349 g/mol. The van der Waals surface area contributed by atoms with Crippen LogP contribution in [0.1, 0.15) is 45.3 Å². The molecule has 3 rings (SSSR count). The molecular formula is C21H23N3O2. The van der Waals surface area contributed by atoms with Gasteiger partial charge in [-0.05, 0) is 56.0 Å². The van der Waals surface area contributed by atoms with Gasteiger partial charge in [0.1, 0.15) is 5.76 Å². The second kappa shape index (κ2) is 7.52. The number of benzene rings is 1. The Morgan fingerprint density at radius 3 is 2.54 bits per heavy atom. The van der Waals surface area contributed by atoms with Gasteiger partial charge in [0.15, 0.2) is 0 Å². The summed E-state index contributed by atoms with van der Waals surface area (Å²) in [6, 6.07) is 9.84. The van der Waals surface area contributed by atoms with Crippen LogP contribution in [0.15, 0.2) is 47.2 Å². The molecule has 0 aliphatic carbocycles. The molecular weight excluding hydrogens is 326 g/mol. The first-order valence-corrected chi connectivity index (χ1v) is 8.64. The molecule has 1 amide bonds. The molecule has 1 unspecified atom stereocenters. The summed E-state index contributed by atoms with van der Waals surface area (Å²) in [5, 5.41) is 7.06. The van der Waals surface area contributed by atoms with Gasteiger partial charge in [0.05, 0.1) is 18.2 Å².